The summed E-state index contributed by atoms with van der Waals surface area (Å²) in [6, 6.07) is 6.38. The van der Waals surface area contributed by atoms with Crippen molar-refractivity contribution < 1.29 is 4.74 Å². The second-order valence-corrected chi connectivity index (χ2v) is 5.59. The monoisotopic (exact) mass is 284 g/mol. The fourth-order valence-electron chi connectivity index (χ4n) is 1.43. The molecule has 0 bridgehead atoms. The average molecular weight is 285 g/mol. The lowest BCUT2D eigenvalue weighted by atomic mass is 10.2. The summed E-state index contributed by atoms with van der Waals surface area (Å²) in [5.41, 5.74) is 1.29. The van der Waals surface area contributed by atoms with Crippen LogP contribution in [-0.4, -0.2) is 6.10 Å². The molecule has 0 saturated carbocycles. The van der Waals surface area contributed by atoms with Crippen molar-refractivity contribution in [2.75, 3.05) is 0 Å². The van der Waals surface area contributed by atoms with Crippen molar-refractivity contribution in [2.24, 2.45) is 0 Å². The topological polar surface area (TPSA) is 9.23 Å². The zero-order valence-corrected chi connectivity index (χ0v) is 11.2. The maximum atomic E-state index is 5.62. The summed E-state index contributed by atoms with van der Waals surface area (Å²) in [6.45, 7) is 4.83. The van der Waals surface area contributed by atoms with Crippen molar-refractivity contribution in [1.82, 2.24) is 0 Å². The molecule has 0 N–H and O–H groups in total. The molecule has 1 nitrogen and oxygen atoms in total. The smallest absolute Gasteiger partial charge is 0.0734 e. The van der Waals surface area contributed by atoms with E-state index in [-0.39, 0.29) is 6.10 Å². The van der Waals surface area contributed by atoms with Gasteiger partial charge in [-0.2, -0.15) is 0 Å². The van der Waals surface area contributed by atoms with Crippen LogP contribution in [0.3, 0.4) is 0 Å². The summed E-state index contributed by atoms with van der Waals surface area (Å²) in [5.74, 6) is 0. The zero-order valence-electron chi connectivity index (χ0n) is 8.79. The third kappa shape index (κ3) is 2.60. The lowest BCUT2D eigenvalue weighted by Crippen LogP contribution is -2.01. The number of rotatable bonds is 3. The average Bonchev–Trinajstić information content (AvgIpc) is 2.57. The SMILES string of the molecule is CC(C)OCc1csc2cc(Br)ccc12. The van der Waals surface area contributed by atoms with Crippen LogP contribution in [0, 0.1) is 0 Å². The Morgan fingerprint density at radius 1 is 1.40 bits per heavy atom. The maximum Gasteiger partial charge on any atom is 0.0734 e. The van der Waals surface area contributed by atoms with Crippen molar-refractivity contribution in [2.45, 2.75) is 26.6 Å². The second kappa shape index (κ2) is 4.64. The third-order valence-electron chi connectivity index (χ3n) is 2.19. The summed E-state index contributed by atoms with van der Waals surface area (Å²) in [6.07, 6.45) is 0.287. The molecule has 2 aromatic rings. The molecule has 0 radical (unpaired) electrons. The number of halogens is 1. The summed E-state index contributed by atoms with van der Waals surface area (Å²) >= 11 is 5.25. The highest BCUT2D eigenvalue weighted by Gasteiger charge is 2.05. The van der Waals surface area contributed by atoms with E-state index in [2.05, 4.69) is 53.4 Å². The lowest BCUT2D eigenvalue weighted by molar-refractivity contribution is 0.0666. The van der Waals surface area contributed by atoms with Gasteiger partial charge in [0.25, 0.3) is 0 Å². The standard InChI is InChI=1S/C12H13BrOS/c1-8(2)14-6-9-7-15-12-5-10(13)3-4-11(9)12/h3-5,7-8H,6H2,1-2H3. The fraction of sp³-hybridized carbons (Fsp3) is 0.333. The van der Waals surface area contributed by atoms with Gasteiger partial charge in [0, 0.05) is 9.17 Å². The van der Waals surface area contributed by atoms with Crippen molar-refractivity contribution >= 4 is 37.4 Å². The van der Waals surface area contributed by atoms with Gasteiger partial charge in [-0.15, -0.1) is 11.3 Å². The molecule has 15 heavy (non-hydrogen) atoms. The zero-order chi connectivity index (χ0) is 10.8. The molecule has 0 atom stereocenters. The molecule has 0 aliphatic heterocycles. The lowest BCUT2D eigenvalue weighted by Gasteiger charge is -2.06. The Bertz CT molecular complexity index is 462. The van der Waals surface area contributed by atoms with E-state index in [4.69, 9.17) is 4.74 Å². The van der Waals surface area contributed by atoms with Crippen LogP contribution in [0.5, 0.6) is 0 Å². The molecule has 0 spiro atoms. The minimum absolute atomic E-state index is 0.287. The first-order valence-electron chi connectivity index (χ1n) is 4.94. The predicted octanol–water partition coefficient (Wildman–Crippen LogP) is 4.59. The summed E-state index contributed by atoms with van der Waals surface area (Å²) in [5, 5.41) is 3.49. The number of thiophene rings is 1. The van der Waals surface area contributed by atoms with Gasteiger partial charge in [-0.3, -0.25) is 0 Å². The first kappa shape index (κ1) is 11.1. The normalized spacial score (nSPS) is 11.5. The predicted molar refractivity (Wildman–Crippen MR) is 69.5 cm³/mol. The van der Waals surface area contributed by atoms with Crippen LogP contribution in [0.2, 0.25) is 0 Å². The van der Waals surface area contributed by atoms with Crippen molar-refractivity contribution in [3.05, 3.63) is 33.6 Å². The molecule has 1 heterocycles. The molecule has 0 fully saturated rings. The van der Waals surface area contributed by atoms with Crippen LogP contribution in [-0.2, 0) is 11.3 Å². The quantitative estimate of drug-likeness (QED) is 0.801. The van der Waals surface area contributed by atoms with E-state index in [1.807, 2.05) is 0 Å². The van der Waals surface area contributed by atoms with Gasteiger partial charge in [-0.1, -0.05) is 22.0 Å². The molecule has 0 aliphatic carbocycles. The fourth-order valence-corrected chi connectivity index (χ4v) is 2.92. The van der Waals surface area contributed by atoms with Crippen molar-refractivity contribution in [3.8, 4) is 0 Å². The number of hydrogen-bond acceptors (Lipinski definition) is 2. The highest BCUT2D eigenvalue weighted by molar-refractivity contribution is 9.10. The minimum atomic E-state index is 0.287. The summed E-state index contributed by atoms with van der Waals surface area (Å²) in [7, 11) is 0. The van der Waals surface area contributed by atoms with Gasteiger partial charge in [0.1, 0.15) is 0 Å². The first-order chi connectivity index (χ1) is 7.16. The van der Waals surface area contributed by atoms with E-state index in [1.165, 1.54) is 15.6 Å². The summed E-state index contributed by atoms with van der Waals surface area (Å²) < 4.78 is 8.06. The van der Waals surface area contributed by atoms with E-state index in [0.29, 0.717) is 6.61 Å². The Morgan fingerprint density at radius 2 is 2.20 bits per heavy atom. The van der Waals surface area contributed by atoms with Gasteiger partial charge in [0.2, 0.25) is 0 Å². The minimum Gasteiger partial charge on any atom is -0.374 e. The van der Waals surface area contributed by atoms with Crippen molar-refractivity contribution in [1.29, 1.82) is 0 Å². The molecular weight excluding hydrogens is 272 g/mol. The van der Waals surface area contributed by atoms with Crippen LogP contribution in [0.4, 0.5) is 0 Å². The number of hydrogen-bond donors (Lipinski definition) is 0. The van der Waals surface area contributed by atoms with E-state index in [1.54, 1.807) is 11.3 Å². The van der Waals surface area contributed by atoms with Crippen LogP contribution >= 0.6 is 27.3 Å². The van der Waals surface area contributed by atoms with E-state index in [9.17, 15) is 0 Å². The van der Waals surface area contributed by atoms with Gasteiger partial charge in [0.05, 0.1) is 12.7 Å². The number of benzene rings is 1. The van der Waals surface area contributed by atoms with Crippen molar-refractivity contribution in [3.63, 3.8) is 0 Å². The Kier molecular flexibility index (Phi) is 3.44. The molecule has 1 aromatic heterocycles. The van der Waals surface area contributed by atoms with Crippen LogP contribution in [0.1, 0.15) is 19.4 Å². The molecule has 0 amide bonds. The van der Waals surface area contributed by atoms with Crippen LogP contribution in [0.15, 0.2) is 28.1 Å². The highest BCUT2D eigenvalue weighted by Crippen LogP contribution is 2.29. The molecule has 0 unspecified atom stereocenters. The van der Waals surface area contributed by atoms with Gasteiger partial charge in [0.15, 0.2) is 0 Å². The van der Waals surface area contributed by atoms with Gasteiger partial charge in [-0.05, 0) is 42.3 Å². The van der Waals surface area contributed by atoms with Gasteiger partial charge >= 0.3 is 0 Å². The third-order valence-corrected chi connectivity index (χ3v) is 3.68. The largest absolute Gasteiger partial charge is 0.374 e. The Hall–Kier alpha value is -0.380. The summed E-state index contributed by atoms with van der Waals surface area (Å²) in [4.78, 5) is 0. The molecular formula is C12H13BrOS. The van der Waals surface area contributed by atoms with E-state index >= 15 is 0 Å². The molecule has 0 saturated heterocycles. The van der Waals surface area contributed by atoms with Gasteiger partial charge in [-0.25, -0.2) is 0 Å². The van der Waals surface area contributed by atoms with E-state index < -0.39 is 0 Å². The Balaban J connectivity index is 2.29. The Morgan fingerprint density at radius 3 is 2.93 bits per heavy atom. The maximum absolute atomic E-state index is 5.62. The molecule has 0 aliphatic rings. The molecule has 2 rings (SSSR count). The Labute approximate surface area is 102 Å². The van der Waals surface area contributed by atoms with Crippen LogP contribution < -0.4 is 0 Å². The molecule has 3 heteroatoms. The number of ether oxygens (including phenoxy) is 1. The first-order valence-corrected chi connectivity index (χ1v) is 6.61. The molecule has 1 aromatic carbocycles. The van der Waals surface area contributed by atoms with E-state index in [0.717, 1.165) is 4.47 Å². The van der Waals surface area contributed by atoms with Crippen LogP contribution in [0.25, 0.3) is 10.1 Å². The highest BCUT2D eigenvalue weighted by atomic mass is 79.9. The number of fused-ring (bicyclic) bond motifs is 1. The van der Waals surface area contributed by atoms with Gasteiger partial charge < -0.3 is 4.74 Å². The molecule has 80 valence electrons. The second-order valence-electron chi connectivity index (χ2n) is 3.76.